The molecule has 0 saturated heterocycles. The average Bonchev–Trinajstić information content (AvgIpc) is 3.84. The standard InChI is InChI=1S/C39H24N4O7S2/c44-25-13-19(14-26(45)34(25)37-40-22-7-1-4-10-31(22)50-37)43(20-15-27(46)35(28(47)16-20)38-41-23-8-2-5-11-32(23)51-38)21-17-29(48)36(30(49)18-21)39-42-24-9-3-6-12-33(24)52-39/h1-18,44-49H. The Morgan fingerprint density at radius 3 is 1.25 bits per heavy atom. The maximum atomic E-state index is 11.4. The predicted octanol–water partition coefficient (Wildman–Crippen LogP) is 9.75. The Morgan fingerprint density at radius 1 is 0.442 bits per heavy atom. The summed E-state index contributed by atoms with van der Waals surface area (Å²) in [5.74, 6) is -2.05. The number of para-hydroxylation sites is 4. The molecule has 0 unspecified atom stereocenters. The number of oxazole rings is 1. The van der Waals surface area contributed by atoms with Crippen molar-refractivity contribution >= 4 is 71.3 Å². The van der Waals surface area contributed by atoms with E-state index < -0.39 is 11.5 Å². The van der Waals surface area contributed by atoms with Crippen molar-refractivity contribution in [1.82, 2.24) is 15.0 Å². The van der Waals surface area contributed by atoms with Crippen molar-refractivity contribution in [2.75, 3.05) is 4.90 Å². The smallest absolute Gasteiger partial charge is 0.234 e. The third-order valence-corrected chi connectivity index (χ3v) is 10.7. The number of aromatic nitrogens is 3. The van der Waals surface area contributed by atoms with Crippen LogP contribution in [0.25, 0.3) is 64.1 Å². The minimum absolute atomic E-state index is 0.0137. The lowest BCUT2D eigenvalue weighted by Gasteiger charge is -2.27. The summed E-state index contributed by atoms with van der Waals surface area (Å²) in [5.41, 5.74) is 2.99. The van der Waals surface area contributed by atoms with E-state index in [1.807, 2.05) is 48.5 Å². The monoisotopic (exact) mass is 724 g/mol. The van der Waals surface area contributed by atoms with Gasteiger partial charge in [0.2, 0.25) is 5.89 Å². The highest BCUT2D eigenvalue weighted by Crippen LogP contribution is 2.51. The fourth-order valence-corrected chi connectivity index (χ4v) is 8.28. The van der Waals surface area contributed by atoms with Crippen LogP contribution < -0.4 is 4.90 Å². The fraction of sp³-hybridized carbons (Fsp3) is 0. The summed E-state index contributed by atoms with van der Waals surface area (Å²) >= 11 is 2.60. The summed E-state index contributed by atoms with van der Waals surface area (Å²) in [6.07, 6.45) is 0. The first kappa shape index (κ1) is 31.2. The van der Waals surface area contributed by atoms with Gasteiger partial charge < -0.3 is 40.0 Å². The van der Waals surface area contributed by atoms with E-state index in [4.69, 9.17) is 4.42 Å². The summed E-state index contributed by atoms with van der Waals surface area (Å²) < 4.78 is 7.55. The molecule has 0 saturated carbocycles. The second-order valence-electron chi connectivity index (χ2n) is 11.9. The first-order valence-corrected chi connectivity index (χ1v) is 17.4. The lowest BCUT2D eigenvalue weighted by molar-refractivity contribution is 0.449. The maximum absolute atomic E-state index is 11.4. The Balaban J connectivity index is 1.21. The quantitative estimate of drug-likeness (QED) is 0.0962. The number of nitrogens with zero attached hydrogens (tertiary/aromatic N) is 4. The van der Waals surface area contributed by atoms with Crippen LogP contribution in [0, 0.1) is 0 Å². The molecule has 0 amide bonds. The van der Waals surface area contributed by atoms with E-state index in [9.17, 15) is 30.6 Å². The largest absolute Gasteiger partial charge is 0.507 e. The van der Waals surface area contributed by atoms with Gasteiger partial charge in [0, 0.05) is 36.4 Å². The molecule has 0 aliphatic heterocycles. The molecule has 0 aliphatic carbocycles. The van der Waals surface area contributed by atoms with Crippen LogP contribution in [0.5, 0.6) is 34.5 Å². The van der Waals surface area contributed by atoms with Crippen LogP contribution in [0.1, 0.15) is 0 Å². The molecule has 0 spiro atoms. The van der Waals surface area contributed by atoms with Crippen LogP contribution in [0.4, 0.5) is 17.1 Å². The van der Waals surface area contributed by atoms with Gasteiger partial charge in [-0.2, -0.15) is 0 Å². The highest BCUT2D eigenvalue weighted by Gasteiger charge is 2.26. The van der Waals surface area contributed by atoms with Crippen molar-refractivity contribution in [3.63, 3.8) is 0 Å². The van der Waals surface area contributed by atoms with E-state index in [0.29, 0.717) is 32.1 Å². The minimum atomic E-state index is -0.398. The van der Waals surface area contributed by atoms with Crippen LogP contribution >= 0.6 is 22.7 Å². The van der Waals surface area contributed by atoms with Gasteiger partial charge in [-0.3, -0.25) is 0 Å². The van der Waals surface area contributed by atoms with Gasteiger partial charge in [0.05, 0.1) is 48.6 Å². The molecule has 6 N–H and O–H groups in total. The van der Waals surface area contributed by atoms with E-state index in [-0.39, 0.29) is 62.6 Å². The van der Waals surface area contributed by atoms with Gasteiger partial charge in [-0.05, 0) is 36.4 Å². The first-order chi connectivity index (χ1) is 25.2. The average molecular weight is 725 g/mol. The molecule has 11 nitrogen and oxygen atoms in total. The molecule has 3 heterocycles. The van der Waals surface area contributed by atoms with Crippen molar-refractivity contribution in [2.45, 2.75) is 0 Å². The Hall–Kier alpha value is -6.83. The number of phenols is 6. The van der Waals surface area contributed by atoms with Crippen molar-refractivity contribution < 1.29 is 35.1 Å². The van der Waals surface area contributed by atoms with Crippen LogP contribution in [-0.2, 0) is 0 Å². The number of hydrogen-bond donors (Lipinski definition) is 6. The number of fused-ring (bicyclic) bond motifs is 3. The number of anilines is 3. The number of thiazole rings is 2. The van der Waals surface area contributed by atoms with Crippen LogP contribution in [0.2, 0.25) is 0 Å². The molecule has 0 radical (unpaired) electrons. The van der Waals surface area contributed by atoms with E-state index in [1.165, 1.54) is 64.0 Å². The molecule has 6 aromatic carbocycles. The molecule has 13 heteroatoms. The van der Waals surface area contributed by atoms with Crippen LogP contribution in [-0.4, -0.2) is 45.6 Å². The zero-order valence-electron chi connectivity index (χ0n) is 26.6. The molecule has 0 bridgehead atoms. The summed E-state index contributed by atoms with van der Waals surface area (Å²) in [7, 11) is 0. The summed E-state index contributed by atoms with van der Waals surface area (Å²) in [6.45, 7) is 0. The van der Waals surface area contributed by atoms with Gasteiger partial charge in [0.1, 0.15) is 55.6 Å². The van der Waals surface area contributed by atoms with E-state index >= 15 is 0 Å². The van der Waals surface area contributed by atoms with Crippen molar-refractivity contribution in [1.29, 1.82) is 0 Å². The van der Waals surface area contributed by atoms with Crippen LogP contribution in [0.3, 0.4) is 0 Å². The van der Waals surface area contributed by atoms with Gasteiger partial charge >= 0.3 is 0 Å². The Labute approximate surface area is 301 Å². The fourth-order valence-electron chi connectivity index (χ4n) is 6.22. The number of benzene rings is 6. The summed E-state index contributed by atoms with van der Waals surface area (Å²) in [5, 5.41) is 69.0. The third-order valence-electron chi connectivity index (χ3n) is 8.54. The van der Waals surface area contributed by atoms with Gasteiger partial charge in [0.15, 0.2) is 5.58 Å². The highest BCUT2D eigenvalue weighted by atomic mass is 32.1. The third kappa shape index (κ3) is 5.14. The lowest BCUT2D eigenvalue weighted by Crippen LogP contribution is -2.10. The minimum Gasteiger partial charge on any atom is -0.507 e. The highest BCUT2D eigenvalue weighted by molar-refractivity contribution is 7.22. The molecule has 52 heavy (non-hydrogen) atoms. The number of rotatable bonds is 6. The zero-order chi connectivity index (χ0) is 35.7. The maximum Gasteiger partial charge on any atom is 0.234 e. The normalized spacial score (nSPS) is 11.5. The van der Waals surface area contributed by atoms with Gasteiger partial charge in [-0.15, -0.1) is 22.7 Å². The zero-order valence-corrected chi connectivity index (χ0v) is 28.2. The number of hydrogen-bond acceptors (Lipinski definition) is 13. The SMILES string of the molecule is Oc1cc(N(c2cc(O)c(-c3nc4ccccc4s3)c(O)c2)c2cc(O)c(-c3nc4ccccc4s3)c(O)c2)cc(O)c1-c1nc2ccccc2o1. The topological polar surface area (TPSA) is 176 Å². The first-order valence-electron chi connectivity index (χ1n) is 15.8. The van der Waals surface area contributed by atoms with Gasteiger partial charge in [-0.1, -0.05) is 36.4 Å². The molecule has 0 atom stereocenters. The Kier molecular flexibility index (Phi) is 7.13. The van der Waals surface area contributed by atoms with E-state index in [1.54, 1.807) is 24.3 Å². The molecule has 0 fully saturated rings. The number of aromatic hydroxyl groups is 6. The second-order valence-corrected chi connectivity index (χ2v) is 13.9. The molecule has 9 aromatic rings. The van der Waals surface area contributed by atoms with Gasteiger partial charge in [-0.25, -0.2) is 15.0 Å². The molecule has 9 rings (SSSR count). The lowest BCUT2D eigenvalue weighted by atomic mass is 10.1. The predicted molar refractivity (Wildman–Crippen MR) is 201 cm³/mol. The summed E-state index contributed by atoms with van der Waals surface area (Å²) in [6, 6.07) is 30.1. The van der Waals surface area contributed by atoms with Crippen molar-refractivity contribution in [2.24, 2.45) is 0 Å². The second kappa shape index (κ2) is 11.9. The van der Waals surface area contributed by atoms with E-state index in [0.717, 1.165) is 9.40 Å². The number of phenolic OH excluding ortho intramolecular Hbond substituents is 6. The molecular weight excluding hydrogens is 701 g/mol. The van der Waals surface area contributed by atoms with Crippen molar-refractivity contribution in [3.8, 4) is 67.1 Å². The Bertz CT molecular complexity index is 2390. The van der Waals surface area contributed by atoms with E-state index in [2.05, 4.69) is 15.0 Å². The molecule has 0 aliphatic rings. The summed E-state index contributed by atoms with van der Waals surface area (Å²) in [4.78, 5) is 15.0. The molecule has 254 valence electrons. The van der Waals surface area contributed by atoms with Gasteiger partial charge in [0.25, 0.3) is 0 Å². The molecular formula is C39H24N4O7S2. The molecule has 3 aromatic heterocycles. The Morgan fingerprint density at radius 2 is 0.827 bits per heavy atom. The van der Waals surface area contributed by atoms with Crippen LogP contribution in [0.15, 0.2) is 114 Å². The van der Waals surface area contributed by atoms with Crippen molar-refractivity contribution in [3.05, 3.63) is 109 Å².